The number of carbonyl (C=O) groups excluding carboxylic acids is 1. The number of carbonyl (C=O) groups is 1. The van der Waals surface area contributed by atoms with Crippen LogP contribution in [0.15, 0.2) is 36.2 Å². The lowest BCUT2D eigenvalue weighted by Crippen LogP contribution is -2.28. The molecule has 0 aliphatic carbocycles. The predicted molar refractivity (Wildman–Crippen MR) is 97.0 cm³/mol. The van der Waals surface area contributed by atoms with E-state index >= 15 is 0 Å². The van der Waals surface area contributed by atoms with Crippen LogP contribution in [0, 0.1) is 0 Å². The monoisotopic (exact) mass is 558 g/mol. The van der Waals surface area contributed by atoms with Crippen LogP contribution >= 0.6 is 63.7 Å². The van der Waals surface area contributed by atoms with E-state index < -0.39 is 6.10 Å². The van der Waals surface area contributed by atoms with Crippen molar-refractivity contribution in [2.45, 2.75) is 6.10 Å². The molecule has 9 heteroatoms. The van der Waals surface area contributed by atoms with Crippen molar-refractivity contribution >= 4 is 69.6 Å². The van der Waals surface area contributed by atoms with Crippen LogP contribution < -0.4 is 5.32 Å². The Bertz CT molecular complexity index is 675. The van der Waals surface area contributed by atoms with Crippen molar-refractivity contribution in [3.63, 3.8) is 0 Å². The van der Waals surface area contributed by atoms with Crippen LogP contribution in [0.3, 0.4) is 0 Å². The highest BCUT2D eigenvalue weighted by Gasteiger charge is 2.16. The first-order chi connectivity index (χ1) is 10.3. The minimum absolute atomic E-state index is 0.0384. The second kappa shape index (κ2) is 7.48. The van der Waals surface area contributed by atoms with E-state index in [2.05, 4.69) is 74.0 Å². The molecule has 22 heavy (non-hydrogen) atoms. The van der Waals surface area contributed by atoms with E-state index in [0.29, 0.717) is 24.8 Å². The summed E-state index contributed by atoms with van der Waals surface area (Å²) in [4.78, 5) is 14.8. The van der Waals surface area contributed by atoms with Gasteiger partial charge in [-0.3, -0.25) is 4.79 Å². The third-order valence-electron chi connectivity index (χ3n) is 2.85. The number of aliphatic hydroxyl groups is 1. The molecule has 1 aromatic heterocycles. The molecule has 1 amide bonds. The Kier molecular flexibility index (Phi) is 6.12. The zero-order chi connectivity index (χ0) is 16.4. The van der Waals surface area contributed by atoms with Crippen LogP contribution in [-0.4, -0.2) is 27.6 Å². The molecule has 2 aromatic rings. The number of benzene rings is 1. The number of aliphatic hydroxyl groups excluding tert-OH is 1. The molecule has 0 spiro atoms. The van der Waals surface area contributed by atoms with Gasteiger partial charge >= 0.3 is 0 Å². The Morgan fingerprint density at radius 2 is 1.73 bits per heavy atom. The van der Waals surface area contributed by atoms with Crippen molar-refractivity contribution < 1.29 is 15.0 Å². The minimum Gasteiger partial charge on any atom is -0.506 e. The molecule has 5 nitrogen and oxygen atoms in total. The van der Waals surface area contributed by atoms with E-state index in [1.54, 1.807) is 18.2 Å². The molecule has 0 unspecified atom stereocenters. The SMILES string of the molecule is O=C(NC[C@@H](O)c1cc(Br)c(O)c(Br)c1)c1cc(Br)c(Br)[nH]1. The summed E-state index contributed by atoms with van der Waals surface area (Å²) in [5.41, 5.74) is 0.935. The summed E-state index contributed by atoms with van der Waals surface area (Å²) in [6.07, 6.45) is -0.904. The molecule has 0 aliphatic rings. The van der Waals surface area contributed by atoms with Gasteiger partial charge in [0, 0.05) is 6.54 Å². The molecule has 118 valence electrons. The number of phenols is 1. The normalized spacial score (nSPS) is 12.2. The molecule has 2 rings (SSSR count). The van der Waals surface area contributed by atoms with Gasteiger partial charge in [0.25, 0.3) is 5.91 Å². The lowest BCUT2D eigenvalue weighted by Gasteiger charge is -2.13. The van der Waals surface area contributed by atoms with Crippen molar-refractivity contribution in [2.24, 2.45) is 0 Å². The minimum atomic E-state index is -0.904. The summed E-state index contributed by atoms with van der Waals surface area (Å²) in [6, 6.07) is 4.83. The van der Waals surface area contributed by atoms with Crippen molar-refractivity contribution in [2.75, 3.05) is 6.54 Å². The zero-order valence-electron chi connectivity index (χ0n) is 10.8. The number of aromatic nitrogens is 1. The fourth-order valence-corrected chi connectivity index (χ4v) is 3.58. The maximum absolute atomic E-state index is 12.0. The van der Waals surface area contributed by atoms with Gasteiger partial charge in [0.2, 0.25) is 0 Å². The molecule has 1 atom stereocenters. The molecule has 0 radical (unpaired) electrons. The molecule has 0 saturated heterocycles. The van der Waals surface area contributed by atoms with E-state index in [1.807, 2.05) is 0 Å². The summed E-state index contributed by atoms with van der Waals surface area (Å²) in [6.45, 7) is 0.0384. The van der Waals surface area contributed by atoms with Gasteiger partial charge < -0.3 is 20.5 Å². The molecule has 1 heterocycles. The van der Waals surface area contributed by atoms with Gasteiger partial charge in [-0.1, -0.05) is 0 Å². The summed E-state index contributed by atoms with van der Waals surface area (Å²) >= 11 is 12.9. The number of amides is 1. The third kappa shape index (κ3) is 4.14. The van der Waals surface area contributed by atoms with Crippen molar-refractivity contribution in [3.05, 3.63) is 47.5 Å². The average molecular weight is 562 g/mol. The van der Waals surface area contributed by atoms with E-state index in [4.69, 9.17) is 0 Å². The largest absolute Gasteiger partial charge is 0.506 e. The van der Waals surface area contributed by atoms with Gasteiger partial charge in [0.1, 0.15) is 11.4 Å². The number of hydrogen-bond acceptors (Lipinski definition) is 3. The Morgan fingerprint density at radius 1 is 1.14 bits per heavy atom. The van der Waals surface area contributed by atoms with E-state index in [1.165, 1.54) is 0 Å². The first-order valence-electron chi connectivity index (χ1n) is 5.97. The molecule has 0 aliphatic heterocycles. The highest BCUT2D eigenvalue weighted by Crippen LogP contribution is 2.35. The molecule has 1 aromatic carbocycles. The summed E-state index contributed by atoms with van der Waals surface area (Å²) < 4.78 is 2.33. The first kappa shape index (κ1) is 18.0. The van der Waals surface area contributed by atoms with Gasteiger partial charge in [0.05, 0.1) is 24.1 Å². The highest BCUT2D eigenvalue weighted by molar-refractivity contribution is 9.13. The van der Waals surface area contributed by atoms with Gasteiger partial charge in [-0.25, -0.2) is 0 Å². The third-order valence-corrected chi connectivity index (χ3v) is 5.84. The zero-order valence-corrected chi connectivity index (χ0v) is 17.2. The quantitative estimate of drug-likeness (QED) is 0.451. The Balaban J connectivity index is 2.03. The summed E-state index contributed by atoms with van der Waals surface area (Å²) in [7, 11) is 0. The van der Waals surface area contributed by atoms with E-state index in [0.717, 1.165) is 4.47 Å². The maximum atomic E-state index is 12.0. The van der Waals surface area contributed by atoms with Gasteiger partial charge in [0.15, 0.2) is 0 Å². The average Bonchev–Trinajstić information content (AvgIpc) is 2.81. The molecular formula is C13H10Br4N2O3. The van der Waals surface area contributed by atoms with E-state index in [-0.39, 0.29) is 18.2 Å². The number of rotatable bonds is 4. The van der Waals surface area contributed by atoms with Gasteiger partial charge in [-0.2, -0.15) is 0 Å². The fraction of sp³-hybridized carbons (Fsp3) is 0.154. The molecular weight excluding hydrogens is 552 g/mol. The molecule has 0 fully saturated rings. The molecule has 4 N–H and O–H groups in total. The van der Waals surface area contributed by atoms with E-state index in [9.17, 15) is 15.0 Å². The van der Waals surface area contributed by atoms with Crippen molar-refractivity contribution in [1.82, 2.24) is 10.3 Å². The number of aromatic amines is 1. The number of nitrogens with one attached hydrogen (secondary N) is 2. The Morgan fingerprint density at radius 3 is 2.23 bits per heavy atom. The summed E-state index contributed by atoms with van der Waals surface area (Å²) in [5.74, 6) is -0.275. The fourth-order valence-electron chi connectivity index (χ4n) is 1.71. The van der Waals surface area contributed by atoms with Crippen molar-refractivity contribution in [1.29, 1.82) is 0 Å². The van der Waals surface area contributed by atoms with Gasteiger partial charge in [-0.05, 0) is 87.5 Å². The number of phenolic OH excluding ortho intramolecular Hbond substituents is 1. The predicted octanol–water partition coefficient (Wildman–Crippen LogP) is 4.23. The Labute approximate surface area is 160 Å². The van der Waals surface area contributed by atoms with Crippen molar-refractivity contribution in [3.8, 4) is 5.75 Å². The van der Waals surface area contributed by atoms with Gasteiger partial charge in [-0.15, -0.1) is 0 Å². The topological polar surface area (TPSA) is 85.3 Å². The number of halogens is 4. The highest BCUT2D eigenvalue weighted by atomic mass is 79.9. The lowest BCUT2D eigenvalue weighted by molar-refractivity contribution is 0.0911. The maximum Gasteiger partial charge on any atom is 0.267 e. The lowest BCUT2D eigenvalue weighted by atomic mass is 10.1. The van der Waals surface area contributed by atoms with Crippen LogP contribution in [0.5, 0.6) is 5.75 Å². The smallest absolute Gasteiger partial charge is 0.267 e. The van der Waals surface area contributed by atoms with Crippen LogP contribution in [0.1, 0.15) is 22.2 Å². The number of hydrogen-bond donors (Lipinski definition) is 4. The standard InChI is InChI=1S/C13H10Br4N2O3/c14-6-1-5(2-7(15)11(6)21)10(20)4-18-13(22)9-3-8(16)12(17)19-9/h1-3,10,19-21H,4H2,(H,18,22)/t10-/m1/s1. The Hall–Kier alpha value is -0.350. The summed E-state index contributed by atoms with van der Waals surface area (Å²) in [5, 5.41) is 22.4. The second-order valence-corrected chi connectivity index (χ2v) is 7.76. The van der Waals surface area contributed by atoms with Crippen LogP contribution in [-0.2, 0) is 0 Å². The number of H-pyrrole nitrogens is 1. The molecule has 0 bridgehead atoms. The van der Waals surface area contributed by atoms with Crippen LogP contribution in [0.2, 0.25) is 0 Å². The second-order valence-electron chi connectivity index (χ2n) is 4.40. The van der Waals surface area contributed by atoms with Crippen LogP contribution in [0.4, 0.5) is 0 Å². The van der Waals surface area contributed by atoms with Crippen LogP contribution in [0.25, 0.3) is 0 Å². The molecule has 0 saturated carbocycles. The first-order valence-corrected chi connectivity index (χ1v) is 9.15. The number of aromatic hydroxyl groups is 1.